The molecule has 7 heteroatoms. The van der Waals surface area contributed by atoms with Gasteiger partial charge >= 0.3 is 0 Å². The summed E-state index contributed by atoms with van der Waals surface area (Å²) in [5.41, 5.74) is 0. The molecule has 2 aliphatic rings. The van der Waals surface area contributed by atoms with E-state index in [1.54, 1.807) is 6.20 Å². The number of carbonyl (C=O) groups excluding carboxylic acids is 1. The normalized spacial score (nSPS) is 26.0. The van der Waals surface area contributed by atoms with E-state index in [1.807, 2.05) is 13.1 Å². The number of nitrogens with one attached hydrogen (secondary N) is 2. The standard InChI is InChI=1S/C15H24N4O.2ClH/c1-11-16-4-6-19(11)7-5-17-15(20)10-12-8-13-2-3-14(9-12)18-13;;/h4,6,12-14,18H,2-3,5,7-10H2,1H3,(H,17,20);2*1H. The predicted molar refractivity (Wildman–Crippen MR) is 91.8 cm³/mol. The summed E-state index contributed by atoms with van der Waals surface area (Å²) >= 11 is 0. The van der Waals surface area contributed by atoms with Gasteiger partial charge in [0, 0.05) is 44.0 Å². The Bertz CT molecular complexity index is 468. The van der Waals surface area contributed by atoms with Crippen LogP contribution in [0.3, 0.4) is 0 Å². The van der Waals surface area contributed by atoms with Gasteiger partial charge in [-0.1, -0.05) is 0 Å². The zero-order valence-corrected chi connectivity index (χ0v) is 14.6. The lowest BCUT2D eigenvalue weighted by atomic mass is 9.89. The molecular formula is C15H26Cl2N4O. The minimum Gasteiger partial charge on any atom is -0.354 e. The Morgan fingerprint density at radius 1 is 1.36 bits per heavy atom. The van der Waals surface area contributed by atoms with Crippen molar-refractivity contribution in [2.24, 2.45) is 5.92 Å². The molecule has 2 N–H and O–H groups in total. The molecule has 1 aromatic heterocycles. The van der Waals surface area contributed by atoms with Crippen molar-refractivity contribution in [1.29, 1.82) is 0 Å². The van der Waals surface area contributed by atoms with Crippen LogP contribution in [0.2, 0.25) is 0 Å². The molecule has 2 bridgehead atoms. The molecule has 2 saturated heterocycles. The molecule has 1 aromatic rings. The molecule has 2 aliphatic heterocycles. The Morgan fingerprint density at radius 2 is 2.05 bits per heavy atom. The molecule has 0 radical (unpaired) electrons. The average Bonchev–Trinajstić information content (AvgIpc) is 2.96. The van der Waals surface area contributed by atoms with E-state index in [1.165, 1.54) is 25.7 Å². The maximum Gasteiger partial charge on any atom is 0.220 e. The number of hydrogen-bond donors (Lipinski definition) is 2. The SMILES string of the molecule is Cc1nccn1CCNC(=O)CC1CC2CCC(C1)N2.Cl.Cl. The van der Waals surface area contributed by atoms with Gasteiger partial charge in [-0.05, 0) is 38.5 Å². The van der Waals surface area contributed by atoms with Crippen molar-refractivity contribution in [3.05, 3.63) is 18.2 Å². The first kappa shape index (κ1) is 19.3. The molecule has 0 saturated carbocycles. The van der Waals surface area contributed by atoms with Crippen molar-refractivity contribution in [3.8, 4) is 0 Å². The number of imidazole rings is 1. The summed E-state index contributed by atoms with van der Waals surface area (Å²) in [6.45, 7) is 3.47. The summed E-state index contributed by atoms with van der Waals surface area (Å²) in [4.78, 5) is 16.2. The Balaban J connectivity index is 0.00000121. The highest BCUT2D eigenvalue weighted by molar-refractivity contribution is 5.85. The molecule has 3 rings (SSSR count). The third kappa shape index (κ3) is 4.86. The molecule has 2 unspecified atom stereocenters. The van der Waals surface area contributed by atoms with Gasteiger partial charge in [0.2, 0.25) is 5.91 Å². The van der Waals surface area contributed by atoms with E-state index < -0.39 is 0 Å². The summed E-state index contributed by atoms with van der Waals surface area (Å²) in [6, 6.07) is 1.33. The summed E-state index contributed by atoms with van der Waals surface area (Å²) in [6.07, 6.45) is 9.37. The summed E-state index contributed by atoms with van der Waals surface area (Å²) in [5, 5.41) is 6.66. The Kier molecular flexibility index (Phi) is 7.66. The van der Waals surface area contributed by atoms with Crippen LogP contribution in [0.25, 0.3) is 0 Å². The first-order valence-electron chi connectivity index (χ1n) is 7.71. The Hall–Kier alpha value is -0.780. The second-order valence-corrected chi connectivity index (χ2v) is 6.20. The van der Waals surface area contributed by atoms with Crippen molar-refractivity contribution in [1.82, 2.24) is 20.2 Å². The summed E-state index contributed by atoms with van der Waals surface area (Å²) in [7, 11) is 0. The van der Waals surface area contributed by atoms with Crippen LogP contribution >= 0.6 is 24.8 Å². The minimum atomic E-state index is 0. The fourth-order valence-corrected chi connectivity index (χ4v) is 3.63. The average molecular weight is 349 g/mol. The van der Waals surface area contributed by atoms with Crippen LogP contribution in [0.5, 0.6) is 0 Å². The van der Waals surface area contributed by atoms with E-state index in [0.717, 1.165) is 12.4 Å². The van der Waals surface area contributed by atoms with Crippen LogP contribution in [0.15, 0.2) is 12.4 Å². The summed E-state index contributed by atoms with van der Waals surface area (Å²) < 4.78 is 2.06. The minimum absolute atomic E-state index is 0. The molecule has 126 valence electrons. The van der Waals surface area contributed by atoms with Gasteiger partial charge in [0.15, 0.2) is 0 Å². The highest BCUT2D eigenvalue weighted by Gasteiger charge is 2.33. The second-order valence-electron chi connectivity index (χ2n) is 6.20. The third-order valence-corrected chi connectivity index (χ3v) is 4.64. The number of aromatic nitrogens is 2. The molecule has 0 aliphatic carbocycles. The molecule has 3 heterocycles. The van der Waals surface area contributed by atoms with Gasteiger partial charge < -0.3 is 15.2 Å². The van der Waals surface area contributed by atoms with Crippen LogP contribution in [-0.2, 0) is 11.3 Å². The maximum absolute atomic E-state index is 12.0. The quantitative estimate of drug-likeness (QED) is 0.856. The largest absolute Gasteiger partial charge is 0.354 e. The van der Waals surface area contributed by atoms with Crippen molar-refractivity contribution in [3.63, 3.8) is 0 Å². The van der Waals surface area contributed by atoms with Gasteiger partial charge in [0.1, 0.15) is 5.82 Å². The fraction of sp³-hybridized carbons (Fsp3) is 0.733. The third-order valence-electron chi connectivity index (χ3n) is 4.64. The van der Waals surface area contributed by atoms with Crippen LogP contribution in [0, 0.1) is 12.8 Å². The molecule has 2 atom stereocenters. The predicted octanol–water partition coefficient (Wildman–Crippen LogP) is 2.07. The maximum atomic E-state index is 12.0. The number of carbonyl (C=O) groups is 1. The molecule has 5 nitrogen and oxygen atoms in total. The van der Waals surface area contributed by atoms with E-state index in [4.69, 9.17) is 0 Å². The number of halogens is 2. The van der Waals surface area contributed by atoms with Crippen LogP contribution in [-0.4, -0.2) is 34.1 Å². The summed E-state index contributed by atoms with van der Waals surface area (Å²) in [5.74, 6) is 1.77. The molecule has 22 heavy (non-hydrogen) atoms. The fourth-order valence-electron chi connectivity index (χ4n) is 3.63. The topological polar surface area (TPSA) is 59.0 Å². The Morgan fingerprint density at radius 3 is 2.64 bits per heavy atom. The number of fused-ring (bicyclic) bond motifs is 2. The van der Waals surface area contributed by atoms with E-state index >= 15 is 0 Å². The van der Waals surface area contributed by atoms with Gasteiger partial charge in [0.05, 0.1) is 0 Å². The highest BCUT2D eigenvalue weighted by Crippen LogP contribution is 2.32. The lowest BCUT2D eigenvalue weighted by Crippen LogP contribution is -2.40. The van der Waals surface area contributed by atoms with Crippen LogP contribution < -0.4 is 10.6 Å². The van der Waals surface area contributed by atoms with Crippen molar-refractivity contribution in [2.75, 3.05) is 6.54 Å². The van der Waals surface area contributed by atoms with Crippen molar-refractivity contribution in [2.45, 2.75) is 57.7 Å². The lowest BCUT2D eigenvalue weighted by molar-refractivity contribution is -0.122. The number of piperidine rings is 1. The molecule has 1 amide bonds. The van der Waals surface area contributed by atoms with Gasteiger partial charge in [-0.3, -0.25) is 4.79 Å². The van der Waals surface area contributed by atoms with Gasteiger partial charge in [-0.2, -0.15) is 0 Å². The van der Waals surface area contributed by atoms with Gasteiger partial charge in [0.25, 0.3) is 0 Å². The smallest absolute Gasteiger partial charge is 0.220 e. The molecule has 0 spiro atoms. The molecule has 2 fully saturated rings. The highest BCUT2D eigenvalue weighted by atomic mass is 35.5. The number of nitrogens with zero attached hydrogens (tertiary/aromatic N) is 2. The number of amides is 1. The first-order chi connectivity index (χ1) is 9.70. The van der Waals surface area contributed by atoms with Crippen LogP contribution in [0.1, 0.15) is 37.9 Å². The zero-order valence-electron chi connectivity index (χ0n) is 13.0. The van der Waals surface area contributed by atoms with Crippen molar-refractivity contribution < 1.29 is 4.79 Å². The second kappa shape index (κ2) is 8.75. The first-order valence-corrected chi connectivity index (χ1v) is 7.71. The van der Waals surface area contributed by atoms with E-state index in [-0.39, 0.29) is 30.7 Å². The van der Waals surface area contributed by atoms with Gasteiger partial charge in [-0.15, -0.1) is 24.8 Å². The Labute approximate surface area is 144 Å². The van der Waals surface area contributed by atoms with E-state index in [2.05, 4.69) is 20.2 Å². The van der Waals surface area contributed by atoms with Crippen LogP contribution in [0.4, 0.5) is 0 Å². The number of hydrogen-bond acceptors (Lipinski definition) is 3. The van der Waals surface area contributed by atoms with Crippen molar-refractivity contribution >= 4 is 30.7 Å². The molecule has 0 aromatic carbocycles. The monoisotopic (exact) mass is 348 g/mol. The lowest BCUT2D eigenvalue weighted by Gasteiger charge is -2.28. The van der Waals surface area contributed by atoms with E-state index in [0.29, 0.717) is 31.0 Å². The van der Waals surface area contributed by atoms with E-state index in [9.17, 15) is 4.79 Å². The van der Waals surface area contributed by atoms with Gasteiger partial charge in [-0.25, -0.2) is 4.98 Å². The number of aryl methyl sites for hydroxylation is 1. The number of rotatable bonds is 5. The zero-order chi connectivity index (χ0) is 13.9. The molecular weight excluding hydrogens is 323 g/mol.